The molecular weight excluding hydrogens is 464 g/mol. The third kappa shape index (κ3) is 4.61. The van der Waals surface area contributed by atoms with Gasteiger partial charge in [0.2, 0.25) is 11.6 Å². The van der Waals surface area contributed by atoms with Crippen molar-refractivity contribution in [3.8, 4) is 0 Å². The molecule has 0 bridgehead atoms. The second kappa shape index (κ2) is 8.84. The number of hydrogen-bond acceptors (Lipinski definition) is 7. The van der Waals surface area contributed by atoms with Crippen molar-refractivity contribution in [2.45, 2.75) is 6.92 Å². The molecule has 1 heterocycles. The Hall–Kier alpha value is -3.24. The van der Waals surface area contributed by atoms with Gasteiger partial charge in [0.25, 0.3) is 5.91 Å². The number of nitrogens with zero attached hydrogens (tertiary/aromatic N) is 3. The first kappa shape index (κ1) is 20.5. The lowest BCUT2D eigenvalue weighted by molar-refractivity contribution is -0.383. The van der Waals surface area contributed by atoms with Crippen molar-refractivity contribution in [2.24, 2.45) is 0 Å². The van der Waals surface area contributed by atoms with Gasteiger partial charge in [0.1, 0.15) is 6.33 Å². The van der Waals surface area contributed by atoms with E-state index < -0.39 is 16.5 Å². The number of hydrogen-bond donors (Lipinski definition) is 3. The Morgan fingerprint density at radius 3 is 2.59 bits per heavy atom. The van der Waals surface area contributed by atoms with Crippen molar-refractivity contribution in [3.05, 3.63) is 79.5 Å². The average molecular weight is 478 g/mol. The number of anilines is 3. The quantitative estimate of drug-likeness (QED) is 0.350. The van der Waals surface area contributed by atoms with Crippen molar-refractivity contribution >= 4 is 56.4 Å². The van der Waals surface area contributed by atoms with Gasteiger partial charge >= 0.3 is 5.69 Å². The Kier molecular flexibility index (Phi) is 6.25. The summed E-state index contributed by atoms with van der Waals surface area (Å²) in [6.45, 7) is 1.77. The van der Waals surface area contributed by atoms with E-state index in [1.165, 1.54) is 0 Å². The highest BCUT2D eigenvalue weighted by atomic mass is 79.9. The molecule has 0 aliphatic carbocycles. The molecule has 29 heavy (non-hydrogen) atoms. The molecule has 0 saturated carbocycles. The van der Waals surface area contributed by atoms with Crippen molar-refractivity contribution in [1.29, 1.82) is 0 Å². The first-order chi connectivity index (χ1) is 13.9. The van der Waals surface area contributed by atoms with Crippen LogP contribution in [0.25, 0.3) is 0 Å². The van der Waals surface area contributed by atoms with Gasteiger partial charge in [-0.2, -0.15) is 0 Å². The van der Waals surface area contributed by atoms with Gasteiger partial charge in [-0.15, -0.1) is 0 Å². The Morgan fingerprint density at radius 1 is 1.14 bits per heavy atom. The van der Waals surface area contributed by atoms with E-state index in [2.05, 4.69) is 42.1 Å². The lowest BCUT2D eigenvalue weighted by atomic mass is 10.2. The van der Waals surface area contributed by atoms with E-state index >= 15 is 0 Å². The minimum absolute atomic E-state index is 0.0481. The first-order valence-corrected chi connectivity index (χ1v) is 9.38. The molecule has 3 rings (SSSR count). The minimum Gasteiger partial charge on any atom is -0.334 e. The van der Waals surface area contributed by atoms with Crippen molar-refractivity contribution in [2.75, 3.05) is 10.7 Å². The fourth-order valence-corrected chi connectivity index (χ4v) is 3.07. The molecule has 0 spiro atoms. The molecule has 0 atom stereocenters. The topological polar surface area (TPSA) is 122 Å². The Balaban J connectivity index is 1.87. The van der Waals surface area contributed by atoms with Crippen LogP contribution in [0.1, 0.15) is 15.9 Å². The molecule has 0 unspecified atom stereocenters. The van der Waals surface area contributed by atoms with E-state index in [0.29, 0.717) is 26.3 Å². The molecule has 0 radical (unpaired) electrons. The highest BCUT2D eigenvalue weighted by Crippen LogP contribution is 2.33. The molecule has 0 fully saturated rings. The minimum atomic E-state index is -0.644. The maximum absolute atomic E-state index is 12.3. The third-order valence-corrected chi connectivity index (χ3v) is 5.04. The zero-order valence-corrected chi connectivity index (χ0v) is 17.3. The summed E-state index contributed by atoms with van der Waals surface area (Å²) in [4.78, 5) is 31.2. The van der Waals surface area contributed by atoms with E-state index in [9.17, 15) is 14.9 Å². The summed E-state index contributed by atoms with van der Waals surface area (Å²) in [5.74, 6) is -0.717. The number of halogens is 2. The maximum Gasteiger partial charge on any atom is 0.355 e. The summed E-state index contributed by atoms with van der Waals surface area (Å²) in [7, 11) is 0. The van der Waals surface area contributed by atoms with E-state index in [1.54, 1.807) is 49.4 Å². The second-order valence-corrected chi connectivity index (χ2v) is 7.03. The molecule has 1 aromatic heterocycles. The number of nitro groups is 1. The standard InChI is InChI=1S/C18H14BrClN6O3/c1-10-13(20)7-4-8-14(10)23-16-15(26(28)29)17(22-9-21-16)24-25-18(27)11-5-2-3-6-12(11)19/h2-9H,1H3,(H,25,27)(H2,21,22,23,24). The molecule has 3 aromatic rings. The monoisotopic (exact) mass is 476 g/mol. The third-order valence-electron chi connectivity index (χ3n) is 3.94. The predicted octanol–water partition coefficient (Wildman–Crippen LogP) is 4.61. The molecule has 0 aliphatic rings. The number of hydrazine groups is 1. The summed E-state index contributed by atoms with van der Waals surface area (Å²) in [6.07, 6.45) is 1.14. The second-order valence-electron chi connectivity index (χ2n) is 5.77. The molecule has 2 aromatic carbocycles. The van der Waals surface area contributed by atoms with Crippen LogP contribution in [-0.4, -0.2) is 20.8 Å². The van der Waals surface area contributed by atoms with Crippen molar-refractivity contribution in [3.63, 3.8) is 0 Å². The first-order valence-electron chi connectivity index (χ1n) is 8.21. The SMILES string of the molecule is Cc1c(Cl)cccc1Nc1ncnc(NNC(=O)c2ccccc2Br)c1[N+](=O)[O-]. The van der Waals surface area contributed by atoms with E-state index in [1.807, 2.05) is 0 Å². The predicted molar refractivity (Wildman–Crippen MR) is 113 cm³/mol. The lowest BCUT2D eigenvalue weighted by Gasteiger charge is -2.13. The average Bonchev–Trinajstić information content (AvgIpc) is 2.70. The van der Waals surface area contributed by atoms with Crippen LogP contribution in [0.2, 0.25) is 5.02 Å². The van der Waals surface area contributed by atoms with Crippen LogP contribution in [-0.2, 0) is 0 Å². The molecule has 1 amide bonds. The molecule has 0 aliphatic heterocycles. The van der Waals surface area contributed by atoms with E-state index in [4.69, 9.17) is 11.6 Å². The van der Waals surface area contributed by atoms with Gasteiger partial charge < -0.3 is 5.32 Å². The van der Waals surface area contributed by atoms with Crippen molar-refractivity contribution < 1.29 is 9.72 Å². The molecule has 9 nitrogen and oxygen atoms in total. The van der Waals surface area contributed by atoms with Crippen LogP contribution < -0.4 is 16.2 Å². The molecule has 11 heteroatoms. The highest BCUT2D eigenvalue weighted by Gasteiger charge is 2.24. The van der Waals surface area contributed by atoms with Gasteiger partial charge in [-0.05, 0) is 52.7 Å². The molecule has 0 saturated heterocycles. The largest absolute Gasteiger partial charge is 0.355 e. The van der Waals surface area contributed by atoms with E-state index in [0.717, 1.165) is 6.33 Å². The van der Waals surface area contributed by atoms with Gasteiger partial charge in [-0.1, -0.05) is 29.8 Å². The van der Waals surface area contributed by atoms with Crippen LogP contribution in [0.5, 0.6) is 0 Å². The van der Waals surface area contributed by atoms with Crippen molar-refractivity contribution in [1.82, 2.24) is 15.4 Å². The zero-order valence-electron chi connectivity index (χ0n) is 14.9. The van der Waals surface area contributed by atoms with Crippen LogP contribution in [0.4, 0.5) is 23.0 Å². The maximum atomic E-state index is 12.3. The number of carbonyl (C=O) groups is 1. The molecule has 3 N–H and O–H groups in total. The normalized spacial score (nSPS) is 10.3. The number of nitrogens with one attached hydrogen (secondary N) is 3. The van der Waals surface area contributed by atoms with Crippen LogP contribution in [0.15, 0.2) is 53.3 Å². The fraction of sp³-hybridized carbons (Fsp3) is 0.0556. The summed E-state index contributed by atoms with van der Waals surface area (Å²) >= 11 is 9.38. The van der Waals surface area contributed by atoms with Gasteiger partial charge in [0.15, 0.2) is 0 Å². The van der Waals surface area contributed by atoms with Gasteiger partial charge in [0.05, 0.1) is 10.5 Å². The number of amides is 1. The van der Waals surface area contributed by atoms with E-state index in [-0.39, 0.29) is 11.6 Å². The Labute approximate surface area is 178 Å². The summed E-state index contributed by atoms with van der Waals surface area (Å²) < 4.78 is 0.579. The number of rotatable bonds is 6. The van der Waals surface area contributed by atoms with Crippen LogP contribution in [0, 0.1) is 17.0 Å². The number of aromatic nitrogens is 2. The smallest absolute Gasteiger partial charge is 0.334 e. The number of benzene rings is 2. The van der Waals surface area contributed by atoms with Gasteiger partial charge in [-0.3, -0.25) is 25.8 Å². The highest BCUT2D eigenvalue weighted by molar-refractivity contribution is 9.10. The van der Waals surface area contributed by atoms with Crippen LogP contribution >= 0.6 is 27.5 Å². The Bertz CT molecular complexity index is 1090. The molecular formula is C18H14BrClN6O3. The molecule has 148 valence electrons. The summed E-state index contributed by atoms with van der Waals surface area (Å²) in [6, 6.07) is 11.9. The van der Waals surface area contributed by atoms with Crippen LogP contribution in [0.3, 0.4) is 0 Å². The van der Waals surface area contributed by atoms with Gasteiger partial charge in [0, 0.05) is 15.2 Å². The lowest BCUT2D eigenvalue weighted by Crippen LogP contribution is -2.30. The summed E-state index contributed by atoms with van der Waals surface area (Å²) in [5, 5.41) is 15.1. The van der Waals surface area contributed by atoms with Gasteiger partial charge in [-0.25, -0.2) is 9.97 Å². The number of carbonyl (C=O) groups excluding carboxylic acids is 1. The fourth-order valence-electron chi connectivity index (χ4n) is 2.43. The Morgan fingerprint density at radius 2 is 1.86 bits per heavy atom. The zero-order chi connectivity index (χ0) is 21.0. The summed E-state index contributed by atoms with van der Waals surface area (Å²) in [5.41, 5.74) is 6.08.